The highest BCUT2D eigenvalue weighted by Gasteiger charge is 2.11. The molecule has 1 aromatic carbocycles. The van der Waals surface area contributed by atoms with Crippen molar-refractivity contribution in [3.8, 4) is 0 Å². The maximum absolute atomic E-state index is 12.8. The SMILES string of the molecule is CC(C)n1nnnc1SCC(=O)NCc1ccc(F)cc1. The summed E-state index contributed by atoms with van der Waals surface area (Å²) in [6.45, 7) is 4.30. The number of thioether (sulfide) groups is 1. The topological polar surface area (TPSA) is 72.7 Å². The lowest BCUT2D eigenvalue weighted by Crippen LogP contribution is -2.24. The highest BCUT2D eigenvalue weighted by atomic mass is 32.2. The number of carbonyl (C=O) groups is 1. The zero-order valence-corrected chi connectivity index (χ0v) is 12.6. The number of aromatic nitrogens is 4. The van der Waals surface area contributed by atoms with Gasteiger partial charge in [-0.25, -0.2) is 9.07 Å². The van der Waals surface area contributed by atoms with E-state index in [1.54, 1.807) is 16.8 Å². The predicted octanol–water partition coefficient (Wildman–Crippen LogP) is 1.80. The van der Waals surface area contributed by atoms with E-state index < -0.39 is 0 Å². The summed E-state index contributed by atoms with van der Waals surface area (Å²) in [6, 6.07) is 6.16. The molecule has 0 saturated heterocycles. The normalized spacial score (nSPS) is 10.9. The zero-order valence-electron chi connectivity index (χ0n) is 11.8. The third-order valence-corrected chi connectivity index (χ3v) is 3.62. The number of halogens is 1. The lowest BCUT2D eigenvalue weighted by atomic mass is 10.2. The fourth-order valence-electron chi connectivity index (χ4n) is 1.59. The molecule has 6 nitrogen and oxygen atoms in total. The third kappa shape index (κ3) is 4.52. The Morgan fingerprint density at radius 3 is 2.76 bits per heavy atom. The van der Waals surface area contributed by atoms with Crippen molar-refractivity contribution < 1.29 is 9.18 Å². The molecule has 0 saturated carbocycles. The van der Waals surface area contributed by atoms with Crippen molar-refractivity contribution in [1.82, 2.24) is 25.5 Å². The number of amides is 1. The van der Waals surface area contributed by atoms with Crippen LogP contribution in [0.1, 0.15) is 25.5 Å². The Morgan fingerprint density at radius 2 is 2.10 bits per heavy atom. The van der Waals surface area contributed by atoms with Crippen LogP contribution in [-0.4, -0.2) is 31.9 Å². The molecule has 0 aliphatic heterocycles. The van der Waals surface area contributed by atoms with Crippen LogP contribution in [0.5, 0.6) is 0 Å². The predicted molar refractivity (Wildman–Crippen MR) is 77.2 cm³/mol. The standard InChI is InChI=1S/C13H16FN5OS/c1-9(2)19-13(16-17-18-19)21-8-12(20)15-7-10-3-5-11(14)6-4-10/h3-6,9H,7-8H2,1-2H3,(H,15,20). The van der Waals surface area contributed by atoms with Crippen molar-refractivity contribution >= 4 is 17.7 Å². The van der Waals surface area contributed by atoms with E-state index in [0.29, 0.717) is 11.7 Å². The smallest absolute Gasteiger partial charge is 0.230 e. The van der Waals surface area contributed by atoms with Crippen LogP contribution in [0.3, 0.4) is 0 Å². The third-order valence-electron chi connectivity index (χ3n) is 2.69. The molecule has 8 heteroatoms. The van der Waals surface area contributed by atoms with Crippen molar-refractivity contribution in [2.75, 3.05) is 5.75 Å². The molecule has 1 heterocycles. The Bertz CT molecular complexity index is 599. The fourth-order valence-corrected chi connectivity index (χ4v) is 2.42. The quantitative estimate of drug-likeness (QED) is 0.824. The molecule has 0 unspecified atom stereocenters. The molecular weight excluding hydrogens is 293 g/mol. The first kappa shape index (κ1) is 15.4. The summed E-state index contributed by atoms with van der Waals surface area (Å²) < 4.78 is 14.4. The second-order valence-corrected chi connectivity index (χ2v) is 5.63. The van der Waals surface area contributed by atoms with Crippen LogP contribution in [0.4, 0.5) is 4.39 Å². The molecule has 1 aromatic heterocycles. The van der Waals surface area contributed by atoms with Crippen molar-refractivity contribution in [2.24, 2.45) is 0 Å². The molecule has 1 N–H and O–H groups in total. The number of hydrogen-bond acceptors (Lipinski definition) is 5. The van der Waals surface area contributed by atoms with Gasteiger partial charge in [0.05, 0.1) is 11.8 Å². The first-order chi connectivity index (χ1) is 10.1. The van der Waals surface area contributed by atoms with E-state index in [9.17, 15) is 9.18 Å². The van der Waals surface area contributed by atoms with Crippen LogP contribution in [0.15, 0.2) is 29.4 Å². The average Bonchev–Trinajstić information content (AvgIpc) is 2.93. The summed E-state index contributed by atoms with van der Waals surface area (Å²) in [4.78, 5) is 11.8. The number of hydrogen-bond donors (Lipinski definition) is 1. The Labute approximate surface area is 126 Å². The number of rotatable bonds is 6. The summed E-state index contributed by atoms with van der Waals surface area (Å²) >= 11 is 1.28. The molecule has 0 fully saturated rings. The largest absolute Gasteiger partial charge is 0.351 e. The van der Waals surface area contributed by atoms with Crippen LogP contribution < -0.4 is 5.32 Å². The van der Waals surface area contributed by atoms with Gasteiger partial charge in [0.1, 0.15) is 5.82 Å². The van der Waals surface area contributed by atoms with Crippen molar-refractivity contribution in [2.45, 2.75) is 31.6 Å². The number of benzene rings is 1. The molecule has 0 spiro atoms. The van der Waals surface area contributed by atoms with Crippen LogP contribution in [-0.2, 0) is 11.3 Å². The number of nitrogens with one attached hydrogen (secondary N) is 1. The second-order valence-electron chi connectivity index (χ2n) is 4.69. The van der Waals surface area contributed by atoms with E-state index in [2.05, 4.69) is 20.8 Å². The summed E-state index contributed by atoms with van der Waals surface area (Å²) in [5.41, 5.74) is 0.849. The molecule has 21 heavy (non-hydrogen) atoms. The minimum Gasteiger partial charge on any atom is -0.351 e. The lowest BCUT2D eigenvalue weighted by molar-refractivity contribution is -0.118. The molecule has 2 rings (SSSR count). The average molecular weight is 309 g/mol. The van der Waals surface area contributed by atoms with Gasteiger partial charge >= 0.3 is 0 Å². The van der Waals surface area contributed by atoms with Gasteiger partial charge in [-0.05, 0) is 42.0 Å². The zero-order chi connectivity index (χ0) is 15.2. The molecule has 0 aliphatic carbocycles. The van der Waals surface area contributed by atoms with Gasteiger partial charge in [-0.2, -0.15) is 0 Å². The van der Waals surface area contributed by atoms with E-state index in [4.69, 9.17) is 0 Å². The second kappa shape index (κ2) is 7.16. The summed E-state index contributed by atoms with van der Waals surface area (Å²) in [5, 5.41) is 14.7. The minimum absolute atomic E-state index is 0.123. The Hall–Kier alpha value is -1.96. The van der Waals surface area contributed by atoms with Crippen molar-refractivity contribution in [3.63, 3.8) is 0 Å². The number of carbonyl (C=O) groups excluding carboxylic acids is 1. The maximum Gasteiger partial charge on any atom is 0.230 e. The van der Waals surface area contributed by atoms with Gasteiger partial charge in [-0.3, -0.25) is 4.79 Å². The number of tetrazole rings is 1. The van der Waals surface area contributed by atoms with Gasteiger partial charge in [-0.1, -0.05) is 23.9 Å². The van der Waals surface area contributed by atoms with Crippen LogP contribution in [0, 0.1) is 5.82 Å². The molecular formula is C13H16FN5OS. The molecule has 0 aliphatic rings. The highest BCUT2D eigenvalue weighted by molar-refractivity contribution is 7.99. The van der Waals surface area contributed by atoms with Gasteiger partial charge in [0.2, 0.25) is 11.1 Å². The van der Waals surface area contributed by atoms with E-state index in [-0.39, 0.29) is 23.5 Å². The fraction of sp³-hybridized carbons (Fsp3) is 0.385. The van der Waals surface area contributed by atoms with Gasteiger partial charge in [0.25, 0.3) is 0 Å². The molecule has 0 radical (unpaired) electrons. The minimum atomic E-state index is -0.291. The summed E-state index contributed by atoms with van der Waals surface area (Å²) in [5.74, 6) is -0.183. The van der Waals surface area contributed by atoms with E-state index >= 15 is 0 Å². The molecule has 112 valence electrons. The maximum atomic E-state index is 12.8. The molecule has 2 aromatic rings. The van der Waals surface area contributed by atoms with E-state index in [1.165, 1.54) is 23.9 Å². The Balaban J connectivity index is 1.79. The van der Waals surface area contributed by atoms with Gasteiger partial charge in [0.15, 0.2) is 0 Å². The van der Waals surface area contributed by atoms with Gasteiger partial charge < -0.3 is 5.32 Å². The van der Waals surface area contributed by atoms with Gasteiger partial charge in [0, 0.05) is 6.54 Å². The van der Waals surface area contributed by atoms with Crippen LogP contribution >= 0.6 is 11.8 Å². The van der Waals surface area contributed by atoms with E-state index in [0.717, 1.165) is 5.56 Å². The lowest BCUT2D eigenvalue weighted by Gasteiger charge is -2.07. The molecule has 1 amide bonds. The molecule has 0 bridgehead atoms. The first-order valence-electron chi connectivity index (χ1n) is 6.48. The Kier molecular flexibility index (Phi) is 5.26. The molecule has 0 atom stereocenters. The van der Waals surface area contributed by atoms with E-state index in [1.807, 2.05) is 13.8 Å². The first-order valence-corrected chi connectivity index (χ1v) is 7.46. The van der Waals surface area contributed by atoms with Crippen LogP contribution in [0.2, 0.25) is 0 Å². The summed E-state index contributed by atoms with van der Waals surface area (Å²) in [7, 11) is 0. The van der Waals surface area contributed by atoms with Crippen molar-refractivity contribution in [3.05, 3.63) is 35.6 Å². The van der Waals surface area contributed by atoms with Crippen molar-refractivity contribution in [1.29, 1.82) is 0 Å². The van der Waals surface area contributed by atoms with Gasteiger partial charge in [-0.15, -0.1) is 5.10 Å². The summed E-state index contributed by atoms with van der Waals surface area (Å²) in [6.07, 6.45) is 0. The monoisotopic (exact) mass is 309 g/mol. The highest BCUT2D eigenvalue weighted by Crippen LogP contribution is 2.16. The number of nitrogens with zero attached hydrogens (tertiary/aromatic N) is 4. The Morgan fingerprint density at radius 1 is 1.38 bits per heavy atom. The van der Waals surface area contributed by atoms with Crippen LogP contribution in [0.25, 0.3) is 0 Å².